The van der Waals surface area contributed by atoms with Crippen LogP contribution in [0, 0.1) is 0 Å². The lowest BCUT2D eigenvalue weighted by Crippen LogP contribution is -2.21. The van der Waals surface area contributed by atoms with E-state index in [-0.39, 0.29) is 5.91 Å². The second kappa shape index (κ2) is 21.3. The summed E-state index contributed by atoms with van der Waals surface area (Å²) in [6.07, 6.45) is 11.7. The summed E-state index contributed by atoms with van der Waals surface area (Å²) < 4.78 is 10.1. The van der Waals surface area contributed by atoms with Crippen LogP contribution in [0.25, 0.3) is 53.9 Å². The number of fused-ring (bicyclic) bond motifs is 4. The van der Waals surface area contributed by atoms with Crippen LogP contribution in [0.5, 0.6) is 5.88 Å². The van der Waals surface area contributed by atoms with E-state index in [0.29, 0.717) is 31.7 Å². The van der Waals surface area contributed by atoms with Gasteiger partial charge < -0.3 is 15.0 Å². The number of carbonyl (C=O) groups is 1. The molecule has 0 saturated heterocycles. The highest BCUT2D eigenvalue weighted by atomic mass is 32.1. The smallest absolute Gasteiger partial charge is 0.224 e. The summed E-state index contributed by atoms with van der Waals surface area (Å²) in [6, 6.07) is 37.2. The number of rotatable bonds is 20. The van der Waals surface area contributed by atoms with Gasteiger partial charge in [-0.1, -0.05) is 83.9 Å². The van der Waals surface area contributed by atoms with Crippen molar-refractivity contribution in [2.24, 2.45) is 4.99 Å². The van der Waals surface area contributed by atoms with Gasteiger partial charge in [0, 0.05) is 84.3 Å². The van der Waals surface area contributed by atoms with E-state index in [0.717, 1.165) is 123 Å². The average Bonchev–Trinajstić information content (AvgIpc) is 4.03. The summed E-state index contributed by atoms with van der Waals surface area (Å²) in [6.45, 7) is 8.53. The lowest BCUT2D eigenvalue weighted by Gasteiger charge is -2.21. The van der Waals surface area contributed by atoms with Crippen LogP contribution in [0.3, 0.4) is 0 Å². The Labute approximate surface area is 394 Å². The predicted molar refractivity (Wildman–Crippen MR) is 269 cm³/mol. The van der Waals surface area contributed by atoms with Gasteiger partial charge in [-0.3, -0.25) is 14.5 Å². The molecular weight excluding hydrogens is 855 g/mol. The Morgan fingerprint density at radius 3 is 2.42 bits per heavy atom. The topological polar surface area (TPSA) is 141 Å². The first kappa shape index (κ1) is 44.9. The molecule has 13 nitrogen and oxygen atoms in total. The average molecular weight is 910 g/mol. The van der Waals surface area contributed by atoms with Crippen molar-refractivity contribution in [3.05, 3.63) is 144 Å². The molecule has 1 amide bonds. The summed E-state index contributed by atoms with van der Waals surface area (Å²) in [5.41, 5.74) is 9.75. The van der Waals surface area contributed by atoms with E-state index in [1.165, 1.54) is 10.4 Å². The summed E-state index contributed by atoms with van der Waals surface area (Å²) in [5, 5.41) is 23.9. The summed E-state index contributed by atoms with van der Waals surface area (Å²) in [5.74, 6) is 0.546. The first-order chi connectivity index (χ1) is 32.9. The first-order valence-electron chi connectivity index (χ1n) is 23.2. The van der Waals surface area contributed by atoms with Gasteiger partial charge in [0.25, 0.3) is 0 Å². The van der Waals surface area contributed by atoms with E-state index in [1.807, 2.05) is 58.2 Å². The van der Waals surface area contributed by atoms with Gasteiger partial charge in [0.1, 0.15) is 5.69 Å². The van der Waals surface area contributed by atoms with E-state index in [1.54, 1.807) is 24.6 Å². The summed E-state index contributed by atoms with van der Waals surface area (Å²) in [4.78, 5) is 31.0. The third-order valence-electron chi connectivity index (χ3n) is 12.0. The quantitative estimate of drug-likeness (QED) is 0.0449. The van der Waals surface area contributed by atoms with E-state index < -0.39 is 0 Å². The predicted octanol–water partition coefficient (Wildman–Crippen LogP) is 10.5. The Kier molecular flexibility index (Phi) is 14.3. The Balaban J connectivity index is 0.701. The fourth-order valence-corrected chi connectivity index (χ4v) is 9.48. The normalized spacial score (nSPS) is 11.8. The second-order valence-corrected chi connectivity index (χ2v) is 17.7. The second-order valence-electron chi connectivity index (χ2n) is 16.7. The minimum atomic E-state index is -0.0433. The number of unbranched alkanes of at least 4 members (excludes halogenated alkanes) is 3. The molecule has 0 saturated carbocycles. The van der Waals surface area contributed by atoms with Gasteiger partial charge in [-0.2, -0.15) is 0 Å². The zero-order valence-corrected chi connectivity index (χ0v) is 39.1. The zero-order valence-electron chi connectivity index (χ0n) is 38.3. The maximum atomic E-state index is 12.9. The highest BCUT2D eigenvalue weighted by Gasteiger charge is 2.15. The molecule has 340 valence electrons. The standard InChI is InChI=1S/C53H55N11O2S/c1-4-62(5-2)43-25-26-46-49(31-43)67-50-32-47(44-17-8-9-18-45(44)53(50)57-46)54-28-10-6-7-11-29-63-35-42(58-60-63)16-13-19-51(65)56-41-15-12-14-39(30-41)48-36-64(61-59-48)34-37-20-22-38(23-21-37)40-24-27-52(66-3)55-33-40/h8-9,12,14-15,17-18,20-27,30-33,35-36H,4-7,10-11,13,16,19,28-29,34H2,1-3H3,(H,56,65). The molecule has 7 aromatic rings. The van der Waals surface area contributed by atoms with Crippen molar-refractivity contribution in [2.75, 3.05) is 37.0 Å². The monoisotopic (exact) mass is 909 g/mol. The number of aromatic nitrogens is 8. The molecule has 0 spiro atoms. The Morgan fingerprint density at radius 1 is 0.776 bits per heavy atom. The molecule has 0 unspecified atom stereocenters. The number of amides is 1. The SMILES string of the molecule is CCN(CC)c1ccc2nc3c4ccccc4c(=NCCCCCCn4cc(CCCC(=O)Nc5cccc(-c6cn(Cc7ccc(-c8ccc(OC)nc8)cc7)nn6)c5)nn4)cc-3sc2c1. The molecule has 0 atom stereocenters. The van der Waals surface area contributed by atoms with Crippen LogP contribution in [0.2, 0.25) is 0 Å². The lowest BCUT2D eigenvalue weighted by atomic mass is 10.1. The van der Waals surface area contributed by atoms with Gasteiger partial charge in [-0.15, -0.1) is 21.5 Å². The number of hydrogen-bond acceptors (Lipinski definition) is 11. The molecule has 0 bridgehead atoms. The van der Waals surface area contributed by atoms with Gasteiger partial charge in [-0.05, 0) is 93.1 Å². The van der Waals surface area contributed by atoms with Crippen molar-refractivity contribution >= 4 is 49.6 Å². The van der Waals surface area contributed by atoms with E-state index in [2.05, 4.69) is 122 Å². The number of carbonyl (C=O) groups excluding carboxylic acids is 1. The Hall–Kier alpha value is -7.32. The number of ether oxygens (including phenoxy) is 1. The van der Waals surface area contributed by atoms with Gasteiger partial charge in [-0.25, -0.2) is 14.6 Å². The van der Waals surface area contributed by atoms with Crippen LogP contribution in [-0.2, 0) is 24.3 Å². The molecule has 14 heteroatoms. The summed E-state index contributed by atoms with van der Waals surface area (Å²) >= 11 is 1.80. The highest BCUT2D eigenvalue weighted by Crippen LogP contribution is 2.36. The Morgan fingerprint density at radius 2 is 1.60 bits per heavy atom. The van der Waals surface area contributed by atoms with Crippen molar-refractivity contribution in [3.63, 3.8) is 0 Å². The summed E-state index contributed by atoms with van der Waals surface area (Å²) in [7, 11) is 1.61. The van der Waals surface area contributed by atoms with Gasteiger partial charge in [0.15, 0.2) is 0 Å². The molecule has 67 heavy (non-hydrogen) atoms. The molecule has 0 radical (unpaired) electrons. The molecule has 4 aromatic carbocycles. The number of anilines is 2. The third-order valence-corrected chi connectivity index (χ3v) is 13.1. The van der Waals surface area contributed by atoms with Crippen molar-refractivity contribution in [2.45, 2.75) is 71.9 Å². The number of hydrogen-bond donors (Lipinski definition) is 1. The van der Waals surface area contributed by atoms with Crippen LogP contribution < -0.4 is 20.3 Å². The lowest BCUT2D eigenvalue weighted by molar-refractivity contribution is -0.116. The molecular formula is C53H55N11O2S. The molecule has 1 N–H and O–H groups in total. The molecule has 9 rings (SSSR count). The zero-order chi connectivity index (χ0) is 46.0. The minimum absolute atomic E-state index is 0.0433. The maximum absolute atomic E-state index is 12.9. The van der Waals surface area contributed by atoms with Crippen LogP contribution in [0.4, 0.5) is 11.4 Å². The Bertz CT molecular complexity index is 3120. The third kappa shape index (κ3) is 11.0. The van der Waals surface area contributed by atoms with Gasteiger partial charge in [0.05, 0.1) is 51.7 Å². The van der Waals surface area contributed by atoms with E-state index in [9.17, 15) is 4.79 Å². The highest BCUT2D eigenvalue weighted by molar-refractivity contribution is 7.21. The van der Waals surface area contributed by atoms with Crippen LogP contribution in [-0.4, -0.2) is 72.6 Å². The van der Waals surface area contributed by atoms with E-state index in [4.69, 9.17) is 14.7 Å². The van der Waals surface area contributed by atoms with Gasteiger partial charge in [0.2, 0.25) is 11.8 Å². The number of benzene rings is 5. The van der Waals surface area contributed by atoms with Crippen molar-refractivity contribution in [1.82, 2.24) is 40.0 Å². The van der Waals surface area contributed by atoms with Crippen molar-refractivity contribution in [3.8, 4) is 38.8 Å². The first-order valence-corrected chi connectivity index (χ1v) is 24.0. The van der Waals surface area contributed by atoms with Crippen LogP contribution in [0.15, 0.2) is 133 Å². The number of methoxy groups -OCH3 is 1. The maximum Gasteiger partial charge on any atom is 0.224 e. The number of nitrogens with zero attached hydrogens (tertiary/aromatic N) is 10. The van der Waals surface area contributed by atoms with Gasteiger partial charge >= 0.3 is 0 Å². The van der Waals surface area contributed by atoms with Crippen molar-refractivity contribution < 1.29 is 9.53 Å². The fourth-order valence-electron chi connectivity index (χ4n) is 8.42. The minimum Gasteiger partial charge on any atom is -0.481 e. The molecule has 4 heterocycles. The van der Waals surface area contributed by atoms with Crippen molar-refractivity contribution in [1.29, 1.82) is 0 Å². The van der Waals surface area contributed by atoms with Crippen LogP contribution >= 0.6 is 11.3 Å². The molecule has 1 aliphatic heterocycles. The number of aryl methyl sites for hydroxylation is 2. The van der Waals surface area contributed by atoms with Crippen LogP contribution in [0.1, 0.15) is 63.6 Å². The number of nitrogens with one attached hydrogen (secondary N) is 1. The molecule has 0 fully saturated rings. The van der Waals surface area contributed by atoms with E-state index >= 15 is 0 Å². The largest absolute Gasteiger partial charge is 0.481 e. The molecule has 1 aliphatic carbocycles. The molecule has 2 aliphatic rings. The number of pyridine rings is 1. The fraction of sp³-hybridized carbons (Fsp3) is 0.283. The molecule has 3 aromatic heterocycles.